The van der Waals surface area contributed by atoms with Crippen molar-refractivity contribution < 1.29 is 18.3 Å². The quantitative estimate of drug-likeness (QED) is 0.771. The van der Waals surface area contributed by atoms with Crippen LogP contribution in [0, 0.1) is 0 Å². The van der Waals surface area contributed by atoms with E-state index < -0.39 is 16.0 Å². The highest BCUT2D eigenvalue weighted by atomic mass is 32.2. The van der Waals surface area contributed by atoms with E-state index in [4.69, 9.17) is 5.11 Å². The lowest BCUT2D eigenvalue weighted by Gasteiger charge is -2.24. The van der Waals surface area contributed by atoms with Crippen LogP contribution in [0.25, 0.3) is 11.1 Å². The number of aromatic nitrogens is 2. The van der Waals surface area contributed by atoms with Crippen LogP contribution in [-0.2, 0) is 14.8 Å². The van der Waals surface area contributed by atoms with E-state index in [0.29, 0.717) is 6.04 Å². The Morgan fingerprint density at radius 2 is 1.86 bits per heavy atom. The maximum atomic E-state index is 12.8. The molecule has 29 heavy (non-hydrogen) atoms. The summed E-state index contributed by atoms with van der Waals surface area (Å²) in [7, 11) is -3.65. The largest absolute Gasteiger partial charge is 0.478 e. The van der Waals surface area contributed by atoms with E-state index in [2.05, 4.69) is 10.4 Å². The van der Waals surface area contributed by atoms with E-state index in [9.17, 15) is 13.2 Å². The lowest BCUT2D eigenvalue weighted by atomic mass is 10.1. The van der Waals surface area contributed by atoms with Crippen molar-refractivity contribution in [3.8, 4) is 11.1 Å². The zero-order chi connectivity index (χ0) is 20.4. The summed E-state index contributed by atoms with van der Waals surface area (Å²) in [5.41, 5.74) is 2.13. The Morgan fingerprint density at radius 3 is 2.48 bits per heavy atom. The molecule has 0 amide bonds. The second-order valence-corrected chi connectivity index (χ2v) is 9.30. The second-order valence-electron chi connectivity index (χ2n) is 7.36. The topological polar surface area (TPSA) is 105 Å². The molecule has 154 valence electrons. The summed E-state index contributed by atoms with van der Waals surface area (Å²) in [6.45, 7) is 2.23. The van der Waals surface area contributed by atoms with Gasteiger partial charge >= 0.3 is 5.97 Å². The van der Waals surface area contributed by atoms with Gasteiger partial charge in [-0.25, -0.2) is 13.2 Å². The molecule has 2 aromatic rings. The van der Waals surface area contributed by atoms with E-state index in [1.54, 1.807) is 24.3 Å². The molecule has 0 unspecified atom stereocenters. The van der Waals surface area contributed by atoms with Gasteiger partial charge in [-0.15, -0.1) is 0 Å². The number of rotatable bonds is 5. The molecule has 0 atom stereocenters. The minimum atomic E-state index is -3.65. The average molecular weight is 417 g/mol. The molecular formula is C20H24N4O4S. The normalized spacial score (nSPS) is 19.1. The summed E-state index contributed by atoms with van der Waals surface area (Å²) >= 11 is 0. The van der Waals surface area contributed by atoms with Crippen LogP contribution in [0.2, 0.25) is 0 Å². The fourth-order valence-corrected chi connectivity index (χ4v) is 5.17. The van der Waals surface area contributed by atoms with Crippen molar-refractivity contribution in [1.82, 2.24) is 19.4 Å². The molecule has 1 aromatic carbocycles. The van der Waals surface area contributed by atoms with Gasteiger partial charge in [0.2, 0.25) is 10.0 Å². The fourth-order valence-electron chi connectivity index (χ4n) is 3.79. The summed E-state index contributed by atoms with van der Waals surface area (Å²) in [5.74, 6) is -0.989. The van der Waals surface area contributed by atoms with Crippen LogP contribution in [0.15, 0.2) is 53.2 Å². The van der Waals surface area contributed by atoms with Crippen molar-refractivity contribution >= 4 is 16.0 Å². The molecule has 2 aliphatic rings. The monoisotopic (exact) mass is 416 g/mol. The first-order valence-electron chi connectivity index (χ1n) is 9.73. The first kappa shape index (κ1) is 19.8. The molecule has 2 aliphatic heterocycles. The SMILES string of the molecule is O=C(O)C1=CCN(S(=O)(=O)c2ccc(-c3cnn(C4CCNCC4)c3)cc2)CC1. The smallest absolute Gasteiger partial charge is 0.331 e. The highest BCUT2D eigenvalue weighted by Gasteiger charge is 2.27. The Balaban J connectivity index is 1.49. The number of nitrogens with zero attached hydrogens (tertiary/aromatic N) is 3. The third kappa shape index (κ3) is 4.12. The van der Waals surface area contributed by atoms with E-state index in [1.165, 1.54) is 10.4 Å². The summed E-state index contributed by atoms with van der Waals surface area (Å²) in [4.78, 5) is 11.2. The Morgan fingerprint density at radius 1 is 1.14 bits per heavy atom. The van der Waals surface area contributed by atoms with Gasteiger partial charge in [-0.2, -0.15) is 9.40 Å². The molecule has 1 saturated heterocycles. The molecule has 2 N–H and O–H groups in total. The third-order valence-corrected chi connectivity index (χ3v) is 7.44. The van der Waals surface area contributed by atoms with Gasteiger partial charge in [0.25, 0.3) is 0 Å². The molecule has 1 fully saturated rings. The molecule has 0 spiro atoms. The fraction of sp³-hybridized carbons (Fsp3) is 0.400. The zero-order valence-electron chi connectivity index (χ0n) is 16.0. The highest BCUT2D eigenvalue weighted by molar-refractivity contribution is 7.89. The number of hydrogen-bond acceptors (Lipinski definition) is 5. The van der Waals surface area contributed by atoms with Crippen LogP contribution in [0.3, 0.4) is 0 Å². The minimum Gasteiger partial charge on any atom is -0.478 e. The number of aliphatic carboxylic acids is 1. The van der Waals surface area contributed by atoms with Crippen LogP contribution in [0.5, 0.6) is 0 Å². The first-order valence-corrected chi connectivity index (χ1v) is 11.2. The second kappa shape index (κ2) is 8.10. The van der Waals surface area contributed by atoms with Crippen molar-refractivity contribution in [2.24, 2.45) is 0 Å². The van der Waals surface area contributed by atoms with Crippen LogP contribution in [0.4, 0.5) is 0 Å². The summed E-state index contributed by atoms with van der Waals surface area (Å²) in [6.07, 6.45) is 7.60. The molecular weight excluding hydrogens is 392 g/mol. The Bertz CT molecular complexity index is 1020. The Kier molecular flexibility index (Phi) is 5.53. The van der Waals surface area contributed by atoms with E-state index >= 15 is 0 Å². The first-order chi connectivity index (χ1) is 13.9. The Hall–Kier alpha value is -2.49. The standard InChI is InChI=1S/C20H24N4O4S/c25-20(26)16-7-11-23(12-8-16)29(27,28)19-3-1-15(2-4-19)17-13-22-24(14-17)18-5-9-21-10-6-18/h1-4,7,13-14,18,21H,5-6,8-12H2,(H,25,26). The van der Waals surface area contributed by atoms with Crippen molar-refractivity contribution in [3.05, 3.63) is 48.3 Å². The predicted octanol–water partition coefficient (Wildman–Crippen LogP) is 1.88. The minimum absolute atomic E-state index is 0.0781. The van der Waals surface area contributed by atoms with Crippen LogP contribution in [0.1, 0.15) is 25.3 Å². The van der Waals surface area contributed by atoms with Crippen molar-refractivity contribution in [1.29, 1.82) is 0 Å². The van der Waals surface area contributed by atoms with Gasteiger partial charge in [-0.3, -0.25) is 4.68 Å². The molecule has 4 rings (SSSR count). The van der Waals surface area contributed by atoms with Gasteiger partial charge in [0, 0.05) is 30.4 Å². The van der Waals surface area contributed by atoms with Crippen LogP contribution >= 0.6 is 0 Å². The molecule has 3 heterocycles. The Labute approximate surface area is 169 Å². The number of hydrogen-bond donors (Lipinski definition) is 2. The lowest BCUT2D eigenvalue weighted by molar-refractivity contribution is -0.132. The molecule has 0 bridgehead atoms. The maximum absolute atomic E-state index is 12.8. The van der Waals surface area contributed by atoms with Gasteiger partial charge in [0.1, 0.15) is 0 Å². The maximum Gasteiger partial charge on any atom is 0.331 e. The van der Waals surface area contributed by atoms with Gasteiger partial charge in [0.15, 0.2) is 0 Å². The summed E-state index contributed by atoms with van der Waals surface area (Å²) in [5, 5.41) is 16.9. The molecule has 1 aromatic heterocycles. The molecule has 0 saturated carbocycles. The highest BCUT2D eigenvalue weighted by Crippen LogP contribution is 2.26. The number of nitrogens with one attached hydrogen (secondary N) is 1. The van der Waals surface area contributed by atoms with Crippen LogP contribution in [-0.4, -0.2) is 59.8 Å². The molecule has 0 aliphatic carbocycles. The number of carbonyl (C=O) groups is 1. The van der Waals surface area contributed by atoms with Crippen molar-refractivity contribution in [2.75, 3.05) is 26.2 Å². The number of piperidine rings is 1. The van der Waals surface area contributed by atoms with Gasteiger partial charge < -0.3 is 10.4 Å². The summed E-state index contributed by atoms with van der Waals surface area (Å²) in [6, 6.07) is 7.18. The summed E-state index contributed by atoms with van der Waals surface area (Å²) < 4.78 is 29.0. The predicted molar refractivity (Wildman–Crippen MR) is 108 cm³/mol. The number of carboxylic acid groups (broad SMARTS) is 1. The number of sulfonamides is 1. The van der Waals surface area contributed by atoms with Gasteiger partial charge in [-0.1, -0.05) is 18.2 Å². The van der Waals surface area contributed by atoms with Crippen LogP contribution < -0.4 is 5.32 Å². The number of carboxylic acids is 1. The van der Waals surface area contributed by atoms with Crippen molar-refractivity contribution in [2.45, 2.75) is 30.2 Å². The van der Waals surface area contributed by atoms with E-state index in [0.717, 1.165) is 37.1 Å². The number of benzene rings is 1. The van der Waals surface area contributed by atoms with E-state index in [-0.39, 0.29) is 30.0 Å². The van der Waals surface area contributed by atoms with Crippen molar-refractivity contribution in [3.63, 3.8) is 0 Å². The zero-order valence-corrected chi connectivity index (χ0v) is 16.8. The molecule has 8 nitrogen and oxygen atoms in total. The van der Waals surface area contributed by atoms with Gasteiger partial charge in [0.05, 0.1) is 17.1 Å². The van der Waals surface area contributed by atoms with Gasteiger partial charge in [-0.05, 0) is 50.0 Å². The average Bonchev–Trinajstić information content (AvgIpc) is 3.25. The molecule has 0 radical (unpaired) electrons. The van der Waals surface area contributed by atoms with E-state index in [1.807, 2.05) is 17.1 Å². The lowest BCUT2D eigenvalue weighted by Crippen LogP contribution is -2.35. The molecule has 9 heteroatoms. The third-order valence-electron chi connectivity index (χ3n) is 5.56.